The van der Waals surface area contributed by atoms with Crippen molar-refractivity contribution >= 4 is 23.2 Å². The Morgan fingerprint density at radius 3 is 2.00 bits per heavy atom. The van der Waals surface area contributed by atoms with Gasteiger partial charge in [0.2, 0.25) is 5.91 Å². The van der Waals surface area contributed by atoms with Crippen molar-refractivity contribution in [1.82, 2.24) is 0 Å². The second kappa shape index (κ2) is 11.9. The number of carbonyl (C=O) groups excluding carboxylic acids is 2. The molecule has 0 aromatic heterocycles. The number of rotatable bonds is 11. The molecule has 0 aliphatic carbocycles. The van der Waals surface area contributed by atoms with Crippen molar-refractivity contribution in [3.8, 4) is 11.5 Å². The Kier molecular flexibility index (Phi) is 9.19. The van der Waals surface area contributed by atoms with Crippen LogP contribution in [0.1, 0.15) is 57.3 Å². The minimum Gasteiger partial charge on any atom is -0.492 e. The molecule has 0 aliphatic rings. The quantitative estimate of drug-likeness (QED) is 0.511. The molecule has 6 heteroatoms. The highest BCUT2D eigenvalue weighted by molar-refractivity contribution is 6.05. The van der Waals surface area contributed by atoms with Crippen LogP contribution in [0.4, 0.5) is 11.4 Å². The van der Waals surface area contributed by atoms with Gasteiger partial charge in [-0.3, -0.25) is 9.59 Å². The maximum atomic E-state index is 12.6. The number of carbonyl (C=O) groups is 2. The molecule has 2 aromatic carbocycles. The molecule has 0 saturated heterocycles. The topological polar surface area (TPSA) is 76.7 Å². The van der Waals surface area contributed by atoms with E-state index in [0.717, 1.165) is 12.8 Å². The number of nitrogens with one attached hydrogen (secondary N) is 2. The van der Waals surface area contributed by atoms with Gasteiger partial charge < -0.3 is 20.1 Å². The van der Waals surface area contributed by atoms with Crippen LogP contribution in [0.5, 0.6) is 11.5 Å². The van der Waals surface area contributed by atoms with Gasteiger partial charge in [0.15, 0.2) is 0 Å². The van der Waals surface area contributed by atoms with E-state index >= 15 is 0 Å². The molecule has 2 amide bonds. The number of amides is 2. The van der Waals surface area contributed by atoms with Crippen LogP contribution in [0, 0.1) is 5.92 Å². The van der Waals surface area contributed by atoms with E-state index in [1.165, 1.54) is 0 Å². The van der Waals surface area contributed by atoms with Gasteiger partial charge in [0.05, 0.1) is 24.6 Å². The maximum absolute atomic E-state index is 12.6. The molecule has 0 saturated carbocycles. The van der Waals surface area contributed by atoms with Crippen molar-refractivity contribution in [2.45, 2.75) is 47.0 Å². The average Bonchev–Trinajstić information content (AvgIpc) is 2.72. The van der Waals surface area contributed by atoms with Crippen LogP contribution in [0.15, 0.2) is 42.5 Å². The summed E-state index contributed by atoms with van der Waals surface area (Å²) in [6, 6.07) is 12.4. The van der Waals surface area contributed by atoms with E-state index in [-0.39, 0.29) is 11.8 Å². The predicted octanol–water partition coefficient (Wildman–Crippen LogP) is 5.50. The van der Waals surface area contributed by atoms with Gasteiger partial charge in [0.25, 0.3) is 5.91 Å². The summed E-state index contributed by atoms with van der Waals surface area (Å²) in [5, 5.41) is 5.82. The van der Waals surface area contributed by atoms with Gasteiger partial charge in [-0.15, -0.1) is 0 Å². The summed E-state index contributed by atoms with van der Waals surface area (Å²) in [6.45, 7) is 8.76. The Labute approximate surface area is 179 Å². The maximum Gasteiger partial charge on any atom is 0.255 e. The van der Waals surface area contributed by atoms with Crippen LogP contribution in [-0.2, 0) is 4.79 Å². The first-order chi connectivity index (χ1) is 14.5. The van der Waals surface area contributed by atoms with Gasteiger partial charge in [-0.2, -0.15) is 0 Å². The first-order valence-corrected chi connectivity index (χ1v) is 10.6. The van der Waals surface area contributed by atoms with Gasteiger partial charge in [-0.05, 0) is 31.9 Å². The van der Waals surface area contributed by atoms with Crippen molar-refractivity contribution in [2.24, 2.45) is 5.92 Å². The first kappa shape index (κ1) is 23.3. The van der Waals surface area contributed by atoms with E-state index in [1.807, 2.05) is 32.0 Å². The fourth-order valence-corrected chi connectivity index (χ4v) is 3.20. The summed E-state index contributed by atoms with van der Waals surface area (Å²) in [5.74, 6) is 0.953. The third-order valence-corrected chi connectivity index (χ3v) is 4.56. The zero-order valence-corrected chi connectivity index (χ0v) is 18.3. The normalized spacial score (nSPS) is 11.5. The molecule has 0 fully saturated rings. The Balaban J connectivity index is 2.29. The number of ether oxygens (including phenoxy) is 2. The van der Waals surface area contributed by atoms with Gasteiger partial charge in [-0.1, -0.05) is 44.9 Å². The lowest BCUT2D eigenvalue weighted by molar-refractivity contribution is -0.117. The smallest absolute Gasteiger partial charge is 0.255 e. The van der Waals surface area contributed by atoms with E-state index in [2.05, 4.69) is 24.5 Å². The van der Waals surface area contributed by atoms with Gasteiger partial charge >= 0.3 is 0 Å². The Morgan fingerprint density at radius 1 is 0.900 bits per heavy atom. The molecule has 6 nitrogen and oxygen atoms in total. The lowest BCUT2D eigenvalue weighted by Crippen LogP contribution is -2.17. The average molecular weight is 413 g/mol. The van der Waals surface area contributed by atoms with Crippen LogP contribution in [0.2, 0.25) is 0 Å². The fraction of sp³-hybridized carbons (Fsp3) is 0.417. The van der Waals surface area contributed by atoms with Crippen molar-refractivity contribution in [1.29, 1.82) is 0 Å². The highest BCUT2D eigenvalue weighted by Gasteiger charge is 2.17. The minimum atomic E-state index is -0.246. The van der Waals surface area contributed by atoms with E-state index < -0.39 is 0 Å². The standard InChI is InChI=1S/C24H32N2O4/c1-5-11-17(4)14-23(27)25-19-15-22(30-7-3)20(16-21(19)29-6-2)26-24(28)18-12-9-8-10-13-18/h8-10,12-13,15-17H,5-7,11,14H2,1-4H3,(H,25,27)(H,26,28). The highest BCUT2D eigenvalue weighted by atomic mass is 16.5. The lowest BCUT2D eigenvalue weighted by atomic mass is 10.0. The van der Waals surface area contributed by atoms with Crippen molar-refractivity contribution < 1.29 is 19.1 Å². The van der Waals surface area contributed by atoms with E-state index in [1.54, 1.807) is 24.3 Å². The molecule has 1 atom stereocenters. The zero-order chi connectivity index (χ0) is 21.9. The third kappa shape index (κ3) is 6.79. The molecule has 1 unspecified atom stereocenters. The van der Waals surface area contributed by atoms with Crippen LogP contribution in [0.25, 0.3) is 0 Å². The SMILES string of the molecule is CCCC(C)CC(=O)Nc1cc(OCC)c(NC(=O)c2ccccc2)cc1OCC. The molecule has 2 N–H and O–H groups in total. The van der Waals surface area contributed by atoms with Crippen LogP contribution < -0.4 is 20.1 Å². The van der Waals surface area contributed by atoms with Crippen LogP contribution in [0.3, 0.4) is 0 Å². The lowest BCUT2D eigenvalue weighted by Gasteiger charge is -2.18. The van der Waals surface area contributed by atoms with E-state index in [0.29, 0.717) is 54.0 Å². The minimum absolute atomic E-state index is 0.0691. The molecule has 0 aliphatic heterocycles. The molecule has 2 rings (SSSR count). The second-order valence-corrected chi connectivity index (χ2v) is 7.18. The van der Waals surface area contributed by atoms with Gasteiger partial charge in [-0.25, -0.2) is 0 Å². The number of hydrogen-bond acceptors (Lipinski definition) is 4. The Bertz CT molecular complexity index is 837. The summed E-state index contributed by atoms with van der Waals surface area (Å²) in [5.41, 5.74) is 1.57. The number of hydrogen-bond donors (Lipinski definition) is 2. The molecule has 0 heterocycles. The third-order valence-electron chi connectivity index (χ3n) is 4.56. The molecule has 2 aromatic rings. The van der Waals surface area contributed by atoms with Gasteiger partial charge in [0.1, 0.15) is 11.5 Å². The largest absolute Gasteiger partial charge is 0.492 e. The van der Waals surface area contributed by atoms with Crippen molar-refractivity contribution in [3.05, 3.63) is 48.0 Å². The summed E-state index contributed by atoms with van der Waals surface area (Å²) < 4.78 is 11.5. The molecular formula is C24H32N2O4. The summed E-state index contributed by atoms with van der Waals surface area (Å²) in [4.78, 5) is 25.1. The first-order valence-electron chi connectivity index (χ1n) is 10.6. The van der Waals surface area contributed by atoms with Crippen molar-refractivity contribution in [2.75, 3.05) is 23.8 Å². The molecule has 162 valence electrons. The fourth-order valence-electron chi connectivity index (χ4n) is 3.20. The van der Waals surface area contributed by atoms with Crippen LogP contribution >= 0.6 is 0 Å². The molecule has 30 heavy (non-hydrogen) atoms. The zero-order valence-electron chi connectivity index (χ0n) is 18.3. The number of benzene rings is 2. The summed E-state index contributed by atoms with van der Waals surface area (Å²) in [6.07, 6.45) is 2.49. The molecule has 0 bridgehead atoms. The van der Waals surface area contributed by atoms with Gasteiger partial charge in [0, 0.05) is 24.1 Å². The number of anilines is 2. The summed E-state index contributed by atoms with van der Waals surface area (Å²) >= 11 is 0. The van der Waals surface area contributed by atoms with Crippen molar-refractivity contribution in [3.63, 3.8) is 0 Å². The monoisotopic (exact) mass is 412 g/mol. The highest BCUT2D eigenvalue weighted by Crippen LogP contribution is 2.37. The van der Waals surface area contributed by atoms with E-state index in [9.17, 15) is 9.59 Å². The second-order valence-electron chi connectivity index (χ2n) is 7.18. The molecular weight excluding hydrogens is 380 g/mol. The Morgan fingerprint density at radius 2 is 1.47 bits per heavy atom. The van der Waals surface area contributed by atoms with E-state index in [4.69, 9.17) is 9.47 Å². The predicted molar refractivity (Wildman–Crippen MR) is 120 cm³/mol. The molecule has 0 radical (unpaired) electrons. The Hall–Kier alpha value is -3.02. The van der Waals surface area contributed by atoms with Crippen LogP contribution in [-0.4, -0.2) is 25.0 Å². The summed E-state index contributed by atoms with van der Waals surface area (Å²) in [7, 11) is 0. The molecule has 0 spiro atoms.